The predicted octanol–water partition coefficient (Wildman–Crippen LogP) is 1.85. The van der Waals surface area contributed by atoms with Gasteiger partial charge in [0.25, 0.3) is 0 Å². The molecule has 1 aliphatic heterocycles. The van der Waals surface area contributed by atoms with Crippen molar-refractivity contribution < 1.29 is 4.39 Å². The third-order valence-corrected chi connectivity index (χ3v) is 2.94. The fourth-order valence-corrected chi connectivity index (χ4v) is 2.04. The van der Waals surface area contributed by atoms with Gasteiger partial charge in [0.15, 0.2) is 0 Å². The Morgan fingerprint density at radius 2 is 1.73 bits per heavy atom. The van der Waals surface area contributed by atoms with Gasteiger partial charge < -0.3 is 10.2 Å². The lowest BCUT2D eigenvalue weighted by atomic mass is 10.1. The van der Waals surface area contributed by atoms with Crippen molar-refractivity contribution in [3.63, 3.8) is 0 Å². The van der Waals surface area contributed by atoms with Gasteiger partial charge in [-0.2, -0.15) is 0 Å². The van der Waals surface area contributed by atoms with Gasteiger partial charge in [-0.25, -0.2) is 4.39 Å². The molecule has 0 atom stereocenters. The topological polar surface area (TPSA) is 15.3 Å². The van der Waals surface area contributed by atoms with Crippen LogP contribution in [0.25, 0.3) is 0 Å². The van der Waals surface area contributed by atoms with Crippen LogP contribution in [0.2, 0.25) is 0 Å². The van der Waals surface area contributed by atoms with Crippen molar-refractivity contribution in [1.82, 2.24) is 5.32 Å². The summed E-state index contributed by atoms with van der Waals surface area (Å²) in [5, 5.41) is 3.27. The maximum atomic E-state index is 14.0. The Morgan fingerprint density at radius 3 is 2.40 bits per heavy atom. The highest BCUT2D eigenvalue weighted by atomic mass is 19.1. The number of nitrogens with one attached hydrogen (secondary N) is 1. The molecule has 0 amide bonds. The van der Waals surface area contributed by atoms with Crippen LogP contribution in [0.1, 0.15) is 11.1 Å². The molecule has 0 bridgehead atoms. The van der Waals surface area contributed by atoms with E-state index in [1.54, 1.807) is 0 Å². The highest BCUT2D eigenvalue weighted by Gasteiger charge is 2.17. The van der Waals surface area contributed by atoms with Crippen LogP contribution in [0, 0.1) is 19.7 Å². The molecule has 1 N–H and O–H groups in total. The monoisotopic (exact) mass is 208 g/mol. The number of benzene rings is 1. The van der Waals surface area contributed by atoms with Crippen LogP contribution in [0.4, 0.5) is 10.1 Å². The lowest BCUT2D eigenvalue weighted by Crippen LogP contribution is -2.44. The second-order valence-electron chi connectivity index (χ2n) is 4.10. The van der Waals surface area contributed by atoms with E-state index in [0.717, 1.165) is 43.0 Å². The summed E-state index contributed by atoms with van der Waals surface area (Å²) in [4.78, 5) is 2.13. The van der Waals surface area contributed by atoms with Gasteiger partial charge in [0, 0.05) is 26.2 Å². The third-order valence-electron chi connectivity index (χ3n) is 2.94. The number of halogens is 1. The molecule has 2 rings (SSSR count). The number of hydrogen-bond donors (Lipinski definition) is 1. The lowest BCUT2D eigenvalue weighted by Gasteiger charge is -2.31. The Hall–Kier alpha value is -1.09. The minimum absolute atomic E-state index is 0.0584. The van der Waals surface area contributed by atoms with E-state index in [4.69, 9.17) is 0 Å². The van der Waals surface area contributed by atoms with Crippen LogP contribution < -0.4 is 10.2 Å². The summed E-state index contributed by atoms with van der Waals surface area (Å²) >= 11 is 0. The first kappa shape index (κ1) is 10.4. The standard InChI is InChI=1S/C12H17FN2/c1-9-3-4-10(2)12(11(9)13)15-7-5-14-6-8-15/h3-4,14H,5-8H2,1-2H3. The molecule has 1 fully saturated rings. The summed E-state index contributed by atoms with van der Waals surface area (Å²) in [6, 6.07) is 3.84. The van der Waals surface area contributed by atoms with Crippen LogP contribution in [-0.2, 0) is 0 Å². The number of anilines is 1. The van der Waals surface area contributed by atoms with E-state index in [9.17, 15) is 4.39 Å². The number of hydrogen-bond acceptors (Lipinski definition) is 2. The Kier molecular flexibility index (Phi) is 2.91. The largest absolute Gasteiger partial charge is 0.366 e. The summed E-state index contributed by atoms with van der Waals surface area (Å²) in [5.41, 5.74) is 2.55. The van der Waals surface area contributed by atoms with Gasteiger partial charge in [-0.15, -0.1) is 0 Å². The Morgan fingerprint density at radius 1 is 1.13 bits per heavy atom. The highest BCUT2D eigenvalue weighted by Crippen LogP contribution is 2.26. The molecule has 0 aliphatic carbocycles. The summed E-state index contributed by atoms with van der Waals surface area (Å²) in [6.45, 7) is 7.45. The second kappa shape index (κ2) is 4.19. The smallest absolute Gasteiger partial charge is 0.149 e. The van der Waals surface area contributed by atoms with E-state index in [1.165, 1.54) is 0 Å². The Bertz CT molecular complexity index is 357. The van der Waals surface area contributed by atoms with Gasteiger partial charge in [0.05, 0.1) is 5.69 Å². The molecule has 0 unspecified atom stereocenters. The first-order valence-electron chi connectivity index (χ1n) is 5.41. The van der Waals surface area contributed by atoms with Gasteiger partial charge >= 0.3 is 0 Å². The number of aryl methyl sites for hydroxylation is 2. The van der Waals surface area contributed by atoms with Gasteiger partial charge in [0.1, 0.15) is 5.82 Å². The molecule has 1 saturated heterocycles. The molecule has 1 heterocycles. The Balaban J connectivity index is 2.36. The van der Waals surface area contributed by atoms with Crippen LogP contribution in [0.15, 0.2) is 12.1 Å². The Labute approximate surface area is 90.1 Å². The minimum atomic E-state index is -0.0584. The van der Waals surface area contributed by atoms with Gasteiger partial charge in [-0.05, 0) is 25.0 Å². The van der Waals surface area contributed by atoms with Gasteiger partial charge in [0.2, 0.25) is 0 Å². The van der Waals surface area contributed by atoms with Gasteiger partial charge in [-0.3, -0.25) is 0 Å². The van der Waals surface area contributed by atoms with E-state index in [2.05, 4.69) is 10.2 Å². The van der Waals surface area contributed by atoms with Crippen molar-refractivity contribution in [2.75, 3.05) is 31.1 Å². The molecule has 0 spiro atoms. The van der Waals surface area contributed by atoms with Crippen molar-refractivity contribution in [2.24, 2.45) is 0 Å². The molecular weight excluding hydrogens is 191 g/mol. The van der Waals surface area contributed by atoms with E-state index in [-0.39, 0.29) is 5.82 Å². The second-order valence-corrected chi connectivity index (χ2v) is 4.10. The molecule has 1 aromatic rings. The fraction of sp³-hybridized carbons (Fsp3) is 0.500. The van der Waals surface area contributed by atoms with E-state index >= 15 is 0 Å². The SMILES string of the molecule is Cc1ccc(C)c(N2CCNCC2)c1F. The molecule has 1 aliphatic rings. The fourth-order valence-electron chi connectivity index (χ4n) is 2.04. The third kappa shape index (κ3) is 1.97. The predicted molar refractivity (Wildman–Crippen MR) is 61.0 cm³/mol. The van der Waals surface area contributed by atoms with E-state index in [1.807, 2.05) is 26.0 Å². The van der Waals surface area contributed by atoms with Gasteiger partial charge in [-0.1, -0.05) is 12.1 Å². The zero-order valence-electron chi connectivity index (χ0n) is 9.31. The van der Waals surface area contributed by atoms with E-state index < -0.39 is 0 Å². The molecule has 0 radical (unpaired) electrons. The van der Waals surface area contributed by atoms with Crippen molar-refractivity contribution >= 4 is 5.69 Å². The highest BCUT2D eigenvalue weighted by molar-refractivity contribution is 5.56. The molecule has 1 aromatic carbocycles. The first-order chi connectivity index (χ1) is 7.20. The van der Waals surface area contributed by atoms with Crippen LogP contribution in [0.3, 0.4) is 0 Å². The zero-order chi connectivity index (χ0) is 10.8. The lowest BCUT2D eigenvalue weighted by molar-refractivity contribution is 0.562. The average molecular weight is 208 g/mol. The maximum Gasteiger partial charge on any atom is 0.149 e. The molecule has 3 heteroatoms. The quantitative estimate of drug-likeness (QED) is 0.757. The number of nitrogens with zero attached hydrogens (tertiary/aromatic N) is 1. The summed E-state index contributed by atoms with van der Waals surface area (Å²) in [6.07, 6.45) is 0. The molecule has 0 aromatic heterocycles. The summed E-state index contributed by atoms with van der Waals surface area (Å²) in [7, 11) is 0. The maximum absolute atomic E-state index is 14.0. The van der Waals surface area contributed by atoms with Crippen LogP contribution in [-0.4, -0.2) is 26.2 Å². The number of piperazine rings is 1. The van der Waals surface area contributed by atoms with Crippen molar-refractivity contribution in [3.8, 4) is 0 Å². The summed E-state index contributed by atoms with van der Waals surface area (Å²) in [5.74, 6) is -0.0584. The van der Waals surface area contributed by atoms with E-state index in [0.29, 0.717) is 0 Å². The van der Waals surface area contributed by atoms with Crippen molar-refractivity contribution in [3.05, 3.63) is 29.1 Å². The normalized spacial score (nSPS) is 16.9. The van der Waals surface area contributed by atoms with Crippen molar-refractivity contribution in [2.45, 2.75) is 13.8 Å². The molecular formula is C12H17FN2. The van der Waals surface area contributed by atoms with Crippen LogP contribution in [0.5, 0.6) is 0 Å². The minimum Gasteiger partial charge on any atom is -0.366 e. The zero-order valence-corrected chi connectivity index (χ0v) is 9.31. The van der Waals surface area contributed by atoms with Crippen molar-refractivity contribution in [1.29, 1.82) is 0 Å². The molecule has 15 heavy (non-hydrogen) atoms. The molecule has 82 valence electrons. The first-order valence-corrected chi connectivity index (χ1v) is 5.41. The average Bonchev–Trinajstić information content (AvgIpc) is 2.26. The number of rotatable bonds is 1. The molecule has 2 nitrogen and oxygen atoms in total. The van der Waals surface area contributed by atoms with Crippen LogP contribution >= 0.6 is 0 Å². The molecule has 0 saturated carbocycles. The summed E-state index contributed by atoms with van der Waals surface area (Å²) < 4.78 is 14.0.